The summed E-state index contributed by atoms with van der Waals surface area (Å²) in [7, 11) is 7.20. The lowest BCUT2D eigenvalue weighted by atomic mass is 10.1. The molecule has 0 aromatic heterocycles. The molecule has 1 saturated heterocycles. The van der Waals surface area contributed by atoms with Crippen molar-refractivity contribution in [1.82, 2.24) is 9.80 Å². The van der Waals surface area contributed by atoms with Gasteiger partial charge in [-0.05, 0) is 35.9 Å². The van der Waals surface area contributed by atoms with Crippen molar-refractivity contribution in [2.24, 2.45) is 0 Å². The standard InChI is InChI=1S/C26H30N2O8/c1-32-19-9-6-17(7-10-19)8-11-23(29)27-12-13-28(20(16-27)26(31)36-5)25(30)18-14-21(33-2)24(35-4)22(15-18)34-3/h6-11,14-15,20H,12-13,16H2,1-5H3. The van der Waals surface area contributed by atoms with E-state index in [1.807, 2.05) is 12.1 Å². The molecule has 0 N–H and O–H groups in total. The molecule has 2 aromatic rings. The van der Waals surface area contributed by atoms with E-state index in [1.165, 1.54) is 56.4 Å². The van der Waals surface area contributed by atoms with Crippen LogP contribution in [0.5, 0.6) is 23.0 Å². The summed E-state index contributed by atoms with van der Waals surface area (Å²) >= 11 is 0. The molecule has 10 heteroatoms. The Bertz CT molecular complexity index is 1100. The second-order valence-corrected chi connectivity index (χ2v) is 7.84. The van der Waals surface area contributed by atoms with Crippen molar-refractivity contribution in [2.45, 2.75) is 6.04 Å². The van der Waals surface area contributed by atoms with E-state index in [0.717, 1.165) is 5.56 Å². The minimum absolute atomic E-state index is 0.00533. The number of carbonyl (C=O) groups excluding carboxylic acids is 3. The first kappa shape index (κ1) is 26.4. The number of carbonyl (C=O) groups is 3. The fraction of sp³-hybridized carbons (Fsp3) is 0.346. The number of benzene rings is 2. The largest absolute Gasteiger partial charge is 0.497 e. The van der Waals surface area contributed by atoms with Crippen LogP contribution in [0.25, 0.3) is 6.08 Å². The molecule has 1 atom stereocenters. The predicted octanol–water partition coefficient (Wildman–Crippen LogP) is 2.26. The van der Waals surface area contributed by atoms with Crippen molar-refractivity contribution in [3.63, 3.8) is 0 Å². The molecule has 0 bridgehead atoms. The zero-order valence-electron chi connectivity index (χ0n) is 21.0. The van der Waals surface area contributed by atoms with Crippen LogP contribution in [0, 0.1) is 0 Å². The third kappa shape index (κ3) is 5.70. The van der Waals surface area contributed by atoms with Crippen molar-refractivity contribution in [3.05, 3.63) is 53.6 Å². The summed E-state index contributed by atoms with van der Waals surface area (Å²) in [4.78, 5) is 41.8. The average Bonchev–Trinajstić information content (AvgIpc) is 2.93. The van der Waals surface area contributed by atoms with Crippen molar-refractivity contribution < 1.29 is 38.1 Å². The molecule has 10 nitrogen and oxygen atoms in total. The van der Waals surface area contributed by atoms with Crippen LogP contribution >= 0.6 is 0 Å². The summed E-state index contributed by atoms with van der Waals surface area (Å²) in [5, 5.41) is 0. The molecule has 2 aromatic carbocycles. The number of hydrogen-bond donors (Lipinski definition) is 0. The highest BCUT2D eigenvalue weighted by molar-refractivity contribution is 5.99. The molecular formula is C26H30N2O8. The Hall–Kier alpha value is -4.21. The van der Waals surface area contributed by atoms with E-state index in [-0.39, 0.29) is 31.1 Å². The average molecular weight is 499 g/mol. The molecule has 192 valence electrons. The third-order valence-corrected chi connectivity index (χ3v) is 5.87. The molecule has 1 unspecified atom stereocenters. The van der Waals surface area contributed by atoms with Crippen LogP contribution in [-0.4, -0.2) is 88.8 Å². The first-order chi connectivity index (χ1) is 17.4. The summed E-state index contributed by atoms with van der Waals surface area (Å²) in [6.45, 7) is 0.376. The summed E-state index contributed by atoms with van der Waals surface area (Å²) in [5.74, 6) is 0.365. The van der Waals surface area contributed by atoms with Crippen LogP contribution in [0.2, 0.25) is 0 Å². The first-order valence-electron chi connectivity index (χ1n) is 11.2. The van der Waals surface area contributed by atoms with Crippen molar-refractivity contribution >= 4 is 23.9 Å². The van der Waals surface area contributed by atoms with Gasteiger partial charge in [-0.25, -0.2) is 4.79 Å². The van der Waals surface area contributed by atoms with Gasteiger partial charge in [0.2, 0.25) is 11.7 Å². The van der Waals surface area contributed by atoms with E-state index in [0.29, 0.717) is 23.0 Å². The third-order valence-electron chi connectivity index (χ3n) is 5.87. The molecule has 36 heavy (non-hydrogen) atoms. The second kappa shape index (κ2) is 12.0. The van der Waals surface area contributed by atoms with Gasteiger partial charge < -0.3 is 33.5 Å². The number of nitrogens with zero attached hydrogens (tertiary/aromatic N) is 2. The first-order valence-corrected chi connectivity index (χ1v) is 11.2. The van der Waals surface area contributed by atoms with E-state index in [2.05, 4.69) is 0 Å². The van der Waals surface area contributed by atoms with Gasteiger partial charge in [-0.1, -0.05) is 12.1 Å². The van der Waals surface area contributed by atoms with Crippen molar-refractivity contribution in [3.8, 4) is 23.0 Å². The van der Waals surface area contributed by atoms with Crippen LogP contribution in [0.3, 0.4) is 0 Å². The summed E-state index contributed by atoms with van der Waals surface area (Å²) in [6, 6.07) is 9.31. The van der Waals surface area contributed by atoms with Gasteiger partial charge in [0, 0.05) is 24.7 Å². The summed E-state index contributed by atoms with van der Waals surface area (Å²) < 4.78 is 26.1. The smallest absolute Gasteiger partial charge is 0.330 e. The van der Waals surface area contributed by atoms with E-state index >= 15 is 0 Å². The van der Waals surface area contributed by atoms with Crippen molar-refractivity contribution in [1.29, 1.82) is 0 Å². The van der Waals surface area contributed by atoms with Gasteiger partial charge in [-0.2, -0.15) is 0 Å². The number of amides is 2. The highest BCUT2D eigenvalue weighted by Gasteiger charge is 2.38. The van der Waals surface area contributed by atoms with E-state index < -0.39 is 17.9 Å². The Morgan fingerprint density at radius 3 is 2.03 bits per heavy atom. The summed E-state index contributed by atoms with van der Waals surface area (Å²) in [5.41, 5.74) is 1.07. The number of hydrogen-bond acceptors (Lipinski definition) is 8. The van der Waals surface area contributed by atoms with Gasteiger partial charge in [0.1, 0.15) is 11.8 Å². The molecule has 0 saturated carbocycles. The fourth-order valence-electron chi connectivity index (χ4n) is 3.92. The van der Waals surface area contributed by atoms with Gasteiger partial charge in [0.15, 0.2) is 11.5 Å². The van der Waals surface area contributed by atoms with Crippen LogP contribution in [-0.2, 0) is 14.3 Å². The van der Waals surface area contributed by atoms with Crippen LogP contribution in [0.1, 0.15) is 15.9 Å². The van der Waals surface area contributed by atoms with Gasteiger partial charge in [0.05, 0.1) is 42.1 Å². The molecule has 0 aliphatic carbocycles. The highest BCUT2D eigenvalue weighted by Crippen LogP contribution is 2.38. The number of ether oxygens (including phenoxy) is 5. The Kier molecular flexibility index (Phi) is 8.77. The van der Waals surface area contributed by atoms with Gasteiger partial charge >= 0.3 is 5.97 Å². The SMILES string of the molecule is COC(=O)C1CN(C(=O)C=Cc2ccc(OC)cc2)CCN1C(=O)c1cc(OC)c(OC)c(OC)c1. The quantitative estimate of drug-likeness (QED) is 0.403. The Morgan fingerprint density at radius 2 is 1.50 bits per heavy atom. The molecule has 2 amide bonds. The summed E-state index contributed by atoms with van der Waals surface area (Å²) in [6.07, 6.45) is 3.12. The molecule has 1 fully saturated rings. The maximum Gasteiger partial charge on any atom is 0.330 e. The van der Waals surface area contributed by atoms with E-state index in [4.69, 9.17) is 23.7 Å². The Labute approximate surface area is 209 Å². The minimum atomic E-state index is -0.978. The topological polar surface area (TPSA) is 104 Å². The molecule has 1 aliphatic rings. The molecule has 1 aliphatic heterocycles. The lowest BCUT2D eigenvalue weighted by Crippen LogP contribution is -2.59. The van der Waals surface area contributed by atoms with Gasteiger partial charge in [-0.15, -0.1) is 0 Å². The van der Waals surface area contributed by atoms with Crippen LogP contribution in [0.4, 0.5) is 0 Å². The molecule has 1 heterocycles. The second-order valence-electron chi connectivity index (χ2n) is 7.84. The number of methoxy groups -OCH3 is 5. The monoisotopic (exact) mass is 498 g/mol. The minimum Gasteiger partial charge on any atom is -0.497 e. The normalized spacial score (nSPS) is 15.4. The molecular weight excluding hydrogens is 468 g/mol. The maximum atomic E-state index is 13.4. The Balaban J connectivity index is 1.80. The molecule has 0 spiro atoms. The molecule has 0 radical (unpaired) electrons. The maximum absolute atomic E-state index is 13.4. The zero-order valence-corrected chi connectivity index (χ0v) is 21.0. The lowest BCUT2D eigenvalue weighted by molar-refractivity contribution is -0.149. The number of esters is 1. The zero-order chi connectivity index (χ0) is 26.2. The van der Waals surface area contributed by atoms with Gasteiger partial charge in [0.25, 0.3) is 5.91 Å². The Morgan fingerprint density at radius 1 is 0.861 bits per heavy atom. The number of rotatable bonds is 8. The van der Waals surface area contributed by atoms with E-state index in [1.54, 1.807) is 25.3 Å². The lowest BCUT2D eigenvalue weighted by Gasteiger charge is -2.39. The van der Waals surface area contributed by atoms with Crippen molar-refractivity contribution in [2.75, 3.05) is 55.2 Å². The van der Waals surface area contributed by atoms with Crippen LogP contribution in [0.15, 0.2) is 42.5 Å². The van der Waals surface area contributed by atoms with Gasteiger partial charge in [-0.3, -0.25) is 9.59 Å². The van der Waals surface area contributed by atoms with E-state index in [9.17, 15) is 14.4 Å². The molecule has 3 rings (SSSR count). The highest BCUT2D eigenvalue weighted by atomic mass is 16.5. The predicted molar refractivity (Wildman–Crippen MR) is 132 cm³/mol. The fourth-order valence-corrected chi connectivity index (χ4v) is 3.92. The number of piperazine rings is 1. The van der Waals surface area contributed by atoms with Crippen LogP contribution < -0.4 is 18.9 Å².